The van der Waals surface area contributed by atoms with E-state index in [4.69, 9.17) is 9.84 Å². The first-order valence-corrected chi connectivity index (χ1v) is 3.83. The molecule has 0 spiro atoms. The number of amides is 1. The van der Waals surface area contributed by atoms with Gasteiger partial charge in [0, 0.05) is 0 Å². The number of aliphatic hydroxyl groups excluding tert-OH is 1. The van der Waals surface area contributed by atoms with Crippen LogP contribution in [-0.2, 0) is 4.74 Å². The van der Waals surface area contributed by atoms with Gasteiger partial charge in [0.15, 0.2) is 0 Å². The highest BCUT2D eigenvalue weighted by atomic mass is 16.6. The van der Waals surface area contributed by atoms with Crippen molar-refractivity contribution in [1.82, 2.24) is 4.90 Å². The maximum absolute atomic E-state index is 10.9. The molecule has 1 rings (SSSR count). The number of hydrogen-bond acceptors (Lipinski definition) is 3. The fourth-order valence-electron chi connectivity index (χ4n) is 1.19. The van der Waals surface area contributed by atoms with Crippen LogP contribution in [0.3, 0.4) is 0 Å². The van der Waals surface area contributed by atoms with Crippen molar-refractivity contribution >= 4 is 6.09 Å². The van der Waals surface area contributed by atoms with Gasteiger partial charge >= 0.3 is 6.09 Å². The average molecular weight is 159 g/mol. The average Bonchev–Trinajstić information content (AvgIpc) is 2.40. The van der Waals surface area contributed by atoms with Crippen molar-refractivity contribution in [1.29, 1.82) is 0 Å². The van der Waals surface area contributed by atoms with Gasteiger partial charge in [0.05, 0.1) is 19.2 Å². The molecule has 0 aliphatic carbocycles. The van der Waals surface area contributed by atoms with Gasteiger partial charge in [-0.2, -0.15) is 0 Å². The standard InChI is InChI=1S/C7H13NO3/c1-2-6(5-9)8-3-4-11-7(8)10/h6,9H,2-5H2,1H3. The molecule has 64 valence electrons. The first kappa shape index (κ1) is 8.33. The molecule has 1 saturated heterocycles. The zero-order chi connectivity index (χ0) is 8.27. The van der Waals surface area contributed by atoms with Crippen LogP contribution >= 0.6 is 0 Å². The summed E-state index contributed by atoms with van der Waals surface area (Å²) in [7, 11) is 0. The van der Waals surface area contributed by atoms with Crippen molar-refractivity contribution in [3.8, 4) is 0 Å². The molecule has 0 aromatic carbocycles. The highest BCUT2D eigenvalue weighted by molar-refractivity contribution is 5.69. The Morgan fingerprint density at radius 2 is 2.55 bits per heavy atom. The van der Waals surface area contributed by atoms with Crippen LogP contribution in [0.25, 0.3) is 0 Å². The van der Waals surface area contributed by atoms with E-state index in [1.807, 2.05) is 6.92 Å². The minimum Gasteiger partial charge on any atom is -0.448 e. The summed E-state index contributed by atoms with van der Waals surface area (Å²) >= 11 is 0. The number of ether oxygens (including phenoxy) is 1. The molecule has 1 atom stereocenters. The van der Waals surface area contributed by atoms with Gasteiger partial charge in [-0.05, 0) is 6.42 Å². The summed E-state index contributed by atoms with van der Waals surface area (Å²) in [5.74, 6) is 0. The molecule has 1 amide bonds. The Hall–Kier alpha value is -0.770. The van der Waals surface area contributed by atoms with Crippen LogP contribution in [-0.4, -0.2) is 41.9 Å². The van der Waals surface area contributed by atoms with Gasteiger partial charge < -0.3 is 9.84 Å². The second-order valence-corrected chi connectivity index (χ2v) is 2.55. The number of rotatable bonds is 3. The van der Waals surface area contributed by atoms with Gasteiger partial charge in [-0.15, -0.1) is 0 Å². The summed E-state index contributed by atoms with van der Waals surface area (Å²) in [6.45, 7) is 3.02. The highest BCUT2D eigenvalue weighted by Crippen LogP contribution is 2.10. The Morgan fingerprint density at radius 1 is 1.82 bits per heavy atom. The molecule has 4 heteroatoms. The summed E-state index contributed by atoms with van der Waals surface area (Å²) in [6, 6.07) is -0.0648. The van der Waals surface area contributed by atoms with E-state index in [0.29, 0.717) is 13.2 Å². The number of carbonyl (C=O) groups is 1. The lowest BCUT2D eigenvalue weighted by Gasteiger charge is -2.21. The topological polar surface area (TPSA) is 49.8 Å². The predicted octanol–water partition coefficient (Wildman–Crippen LogP) is 0.210. The lowest BCUT2D eigenvalue weighted by molar-refractivity contribution is 0.124. The number of hydrogen-bond donors (Lipinski definition) is 1. The first-order chi connectivity index (χ1) is 5.29. The van der Waals surface area contributed by atoms with Crippen molar-refractivity contribution in [2.45, 2.75) is 19.4 Å². The maximum atomic E-state index is 10.9. The molecule has 0 bridgehead atoms. The van der Waals surface area contributed by atoms with E-state index in [1.165, 1.54) is 0 Å². The molecular formula is C7H13NO3. The van der Waals surface area contributed by atoms with Gasteiger partial charge in [-0.25, -0.2) is 4.79 Å². The van der Waals surface area contributed by atoms with Crippen LogP contribution < -0.4 is 0 Å². The minimum atomic E-state index is -0.300. The number of aliphatic hydroxyl groups is 1. The Kier molecular flexibility index (Phi) is 2.70. The minimum absolute atomic E-state index is 0.0194. The molecule has 1 unspecified atom stereocenters. The van der Waals surface area contributed by atoms with E-state index in [0.717, 1.165) is 6.42 Å². The normalized spacial score (nSPS) is 20.2. The molecule has 4 nitrogen and oxygen atoms in total. The molecule has 0 aromatic heterocycles. The third-order valence-electron chi connectivity index (χ3n) is 1.92. The van der Waals surface area contributed by atoms with Crippen molar-refractivity contribution < 1.29 is 14.6 Å². The van der Waals surface area contributed by atoms with Gasteiger partial charge in [0.2, 0.25) is 0 Å². The fraction of sp³-hybridized carbons (Fsp3) is 0.857. The number of nitrogens with zero attached hydrogens (tertiary/aromatic N) is 1. The van der Waals surface area contributed by atoms with Crippen LogP contribution in [0.2, 0.25) is 0 Å². The van der Waals surface area contributed by atoms with Crippen molar-refractivity contribution in [2.24, 2.45) is 0 Å². The third kappa shape index (κ3) is 1.63. The van der Waals surface area contributed by atoms with Crippen molar-refractivity contribution in [3.05, 3.63) is 0 Å². The predicted molar refractivity (Wildman–Crippen MR) is 39.2 cm³/mol. The van der Waals surface area contributed by atoms with E-state index in [1.54, 1.807) is 4.90 Å². The third-order valence-corrected chi connectivity index (χ3v) is 1.92. The Balaban J connectivity index is 2.49. The van der Waals surface area contributed by atoms with E-state index in [2.05, 4.69) is 0 Å². The summed E-state index contributed by atoms with van der Waals surface area (Å²) in [6.07, 6.45) is 0.469. The zero-order valence-electron chi connectivity index (χ0n) is 6.62. The molecular weight excluding hydrogens is 146 g/mol. The number of cyclic esters (lactones) is 1. The van der Waals surface area contributed by atoms with Gasteiger partial charge in [-0.3, -0.25) is 4.90 Å². The molecule has 0 aromatic rings. The zero-order valence-corrected chi connectivity index (χ0v) is 6.62. The van der Waals surface area contributed by atoms with Crippen LogP contribution in [0.1, 0.15) is 13.3 Å². The molecule has 11 heavy (non-hydrogen) atoms. The lowest BCUT2D eigenvalue weighted by Crippen LogP contribution is -2.38. The van der Waals surface area contributed by atoms with E-state index < -0.39 is 0 Å². The maximum Gasteiger partial charge on any atom is 0.410 e. The van der Waals surface area contributed by atoms with Crippen molar-refractivity contribution in [2.75, 3.05) is 19.8 Å². The molecule has 1 N–H and O–H groups in total. The van der Waals surface area contributed by atoms with E-state index in [-0.39, 0.29) is 18.7 Å². The number of carbonyl (C=O) groups excluding carboxylic acids is 1. The van der Waals surface area contributed by atoms with Crippen LogP contribution in [0.4, 0.5) is 4.79 Å². The van der Waals surface area contributed by atoms with Gasteiger partial charge in [0.1, 0.15) is 6.61 Å². The van der Waals surface area contributed by atoms with Crippen LogP contribution in [0.5, 0.6) is 0 Å². The smallest absolute Gasteiger partial charge is 0.410 e. The second-order valence-electron chi connectivity index (χ2n) is 2.55. The highest BCUT2D eigenvalue weighted by Gasteiger charge is 2.27. The molecule has 1 fully saturated rings. The Labute approximate surface area is 65.8 Å². The van der Waals surface area contributed by atoms with Crippen LogP contribution in [0.15, 0.2) is 0 Å². The van der Waals surface area contributed by atoms with Crippen molar-refractivity contribution in [3.63, 3.8) is 0 Å². The molecule has 0 saturated carbocycles. The van der Waals surface area contributed by atoms with Gasteiger partial charge in [0.25, 0.3) is 0 Å². The van der Waals surface area contributed by atoms with E-state index >= 15 is 0 Å². The summed E-state index contributed by atoms with van der Waals surface area (Å²) in [4.78, 5) is 12.5. The fourth-order valence-corrected chi connectivity index (χ4v) is 1.19. The molecule has 1 aliphatic heterocycles. The monoisotopic (exact) mass is 159 g/mol. The second kappa shape index (κ2) is 3.57. The molecule has 1 heterocycles. The largest absolute Gasteiger partial charge is 0.448 e. The molecule has 1 aliphatic rings. The Morgan fingerprint density at radius 3 is 2.91 bits per heavy atom. The van der Waals surface area contributed by atoms with E-state index in [9.17, 15) is 4.79 Å². The van der Waals surface area contributed by atoms with Crippen LogP contribution in [0, 0.1) is 0 Å². The Bertz CT molecular complexity index is 145. The lowest BCUT2D eigenvalue weighted by atomic mass is 10.2. The SMILES string of the molecule is CCC(CO)N1CCOC1=O. The summed E-state index contributed by atoms with van der Waals surface area (Å²) < 4.78 is 4.73. The van der Waals surface area contributed by atoms with Gasteiger partial charge in [-0.1, -0.05) is 6.92 Å². The summed E-state index contributed by atoms with van der Waals surface area (Å²) in [5, 5.41) is 8.85. The quantitative estimate of drug-likeness (QED) is 0.640. The molecule has 0 radical (unpaired) electrons. The first-order valence-electron chi connectivity index (χ1n) is 3.83. The summed E-state index contributed by atoms with van der Waals surface area (Å²) in [5.41, 5.74) is 0.